The van der Waals surface area contributed by atoms with E-state index in [0.29, 0.717) is 6.04 Å². The van der Waals surface area contributed by atoms with Crippen molar-refractivity contribution in [2.45, 2.75) is 31.8 Å². The summed E-state index contributed by atoms with van der Waals surface area (Å²) in [7, 11) is 0. The SMILES string of the molecule is Brc1ccc2c(cnn2CC2CCCCN2)c1. The monoisotopic (exact) mass is 293 g/mol. The second-order valence-electron chi connectivity index (χ2n) is 4.68. The maximum absolute atomic E-state index is 4.49. The molecule has 2 aromatic rings. The average molecular weight is 294 g/mol. The van der Waals surface area contributed by atoms with Crippen molar-refractivity contribution in [3.63, 3.8) is 0 Å². The summed E-state index contributed by atoms with van der Waals surface area (Å²) < 4.78 is 3.23. The number of nitrogens with one attached hydrogen (secondary N) is 1. The van der Waals surface area contributed by atoms with E-state index in [1.165, 1.54) is 30.2 Å². The van der Waals surface area contributed by atoms with Gasteiger partial charge in [0.15, 0.2) is 0 Å². The smallest absolute Gasteiger partial charge is 0.0683 e. The van der Waals surface area contributed by atoms with Crippen LogP contribution in [0, 0.1) is 0 Å². The zero-order chi connectivity index (χ0) is 11.7. The molecule has 1 aliphatic heterocycles. The summed E-state index contributed by atoms with van der Waals surface area (Å²) in [5.74, 6) is 0. The predicted molar refractivity (Wildman–Crippen MR) is 73.1 cm³/mol. The van der Waals surface area contributed by atoms with E-state index in [1.807, 2.05) is 6.20 Å². The van der Waals surface area contributed by atoms with Crippen molar-refractivity contribution in [3.05, 3.63) is 28.9 Å². The molecule has 1 aromatic heterocycles. The van der Waals surface area contributed by atoms with E-state index in [0.717, 1.165) is 17.6 Å². The number of fused-ring (bicyclic) bond motifs is 1. The zero-order valence-corrected chi connectivity index (χ0v) is 11.3. The molecule has 2 heterocycles. The summed E-state index contributed by atoms with van der Waals surface area (Å²) in [5, 5.41) is 9.25. The highest BCUT2D eigenvalue weighted by Crippen LogP contribution is 2.20. The lowest BCUT2D eigenvalue weighted by Gasteiger charge is -2.23. The van der Waals surface area contributed by atoms with Gasteiger partial charge in [0.1, 0.15) is 0 Å². The second kappa shape index (κ2) is 4.78. The van der Waals surface area contributed by atoms with Crippen molar-refractivity contribution in [1.29, 1.82) is 0 Å². The van der Waals surface area contributed by atoms with Gasteiger partial charge in [-0.2, -0.15) is 5.10 Å². The minimum atomic E-state index is 0.579. The molecule has 4 heteroatoms. The molecule has 0 bridgehead atoms. The van der Waals surface area contributed by atoms with E-state index in [4.69, 9.17) is 0 Å². The number of halogens is 1. The quantitative estimate of drug-likeness (QED) is 0.923. The third kappa shape index (κ3) is 2.38. The van der Waals surface area contributed by atoms with Crippen molar-refractivity contribution in [2.75, 3.05) is 6.54 Å². The molecular formula is C13H16BrN3. The van der Waals surface area contributed by atoms with Gasteiger partial charge in [-0.15, -0.1) is 0 Å². The van der Waals surface area contributed by atoms with Crippen LogP contribution < -0.4 is 5.32 Å². The molecule has 3 nitrogen and oxygen atoms in total. The number of piperidine rings is 1. The second-order valence-corrected chi connectivity index (χ2v) is 5.59. The third-order valence-corrected chi connectivity index (χ3v) is 3.90. The van der Waals surface area contributed by atoms with E-state index in [-0.39, 0.29) is 0 Å². The number of hydrogen-bond acceptors (Lipinski definition) is 2. The highest BCUT2D eigenvalue weighted by Gasteiger charge is 2.14. The van der Waals surface area contributed by atoms with Crippen LogP contribution in [0.3, 0.4) is 0 Å². The highest BCUT2D eigenvalue weighted by molar-refractivity contribution is 9.10. The molecule has 0 spiro atoms. The normalized spacial score (nSPS) is 20.9. The van der Waals surface area contributed by atoms with Gasteiger partial charge in [0.25, 0.3) is 0 Å². The first-order valence-electron chi connectivity index (χ1n) is 6.17. The number of aromatic nitrogens is 2. The molecule has 0 radical (unpaired) electrons. The molecule has 1 fully saturated rings. The van der Waals surface area contributed by atoms with Crippen LogP contribution >= 0.6 is 15.9 Å². The van der Waals surface area contributed by atoms with Gasteiger partial charge in [0.05, 0.1) is 18.3 Å². The van der Waals surface area contributed by atoms with Crippen LogP contribution in [0.15, 0.2) is 28.9 Å². The summed E-state index contributed by atoms with van der Waals surface area (Å²) in [4.78, 5) is 0. The van der Waals surface area contributed by atoms with Gasteiger partial charge in [0, 0.05) is 15.9 Å². The lowest BCUT2D eigenvalue weighted by Crippen LogP contribution is -2.37. The molecule has 1 N–H and O–H groups in total. The first-order chi connectivity index (χ1) is 8.33. The summed E-state index contributed by atoms with van der Waals surface area (Å²) in [6.45, 7) is 2.13. The Labute approximate surface area is 109 Å². The molecule has 1 aliphatic rings. The van der Waals surface area contributed by atoms with Crippen LogP contribution in [0.5, 0.6) is 0 Å². The summed E-state index contributed by atoms with van der Waals surface area (Å²) in [6.07, 6.45) is 5.85. The standard InChI is InChI=1S/C13H16BrN3/c14-11-4-5-13-10(7-11)8-16-17(13)9-12-3-1-2-6-15-12/h4-5,7-8,12,15H,1-3,6,9H2. The molecule has 1 atom stereocenters. The first kappa shape index (κ1) is 11.2. The van der Waals surface area contributed by atoms with Gasteiger partial charge >= 0.3 is 0 Å². The fourth-order valence-corrected chi connectivity index (χ4v) is 2.87. The molecule has 0 saturated carbocycles. The summed E-state index contributed by atoms with van der Waals surface area (Å²) in [5.41, 5.74) is 1.22. The minimum Gasteiger partial charge on any atom is -0.312 e. The Hall–Kier alpha value is -0.870. The van der Waals surface area contributed by atoms with Crippen LogP contribution in [0.1, 0.15) is 19.3 Å². The van der Waals surface area contributed by atoms with Crippen molar-refractivity contribution in [3.8, 4) is 0 Å². The number of rotatable bonds is 2. The molecule has 0 aliphatic carbocycles. The zero-order valence-electron chi connectivity index (χ0n) is 9.69. The molecular weight excluding hydrogens is 278 g/mol. The fraction of sp³-hybridized carbons (Fsp3) is 0.462. The van der Waals surface area contributed by atoms with Crippen LogP contribution in [-0.4, -0.2) is 22.4 Å². The molecule has 1 saturated heterocycles. The molecule has 0 amide bonds. The van der Waals surface area contributed by atoms with Crippen molar-refractivity contribution < 1.29 is 0 Å². The summed E-state index contributed by atoms with van der Waals surface area (Å²) in [6, 6.07) is 6.91. The lowest BCUT2D eigenvalue weighted by molar-refractivity contribution is 0.355. The molecule has 17 heavy (non-hydrogen) atoms. The predicted octanol–water partition coefficient (Wildman–Crippen LogP) is 2.94. The molecule has 3 rings (SSSR count). The fourth-order valence-electron chi connectivity index (χ4n) is 2.49. The van der Waals surface area contributed by atoms with E-state index < -0.39 is 0 Å². The molecule has 90 valence electrons. The Morgan fingerprint density at radius 1 is 1.41 bits per heavy atom. The van der Waals surface area contributed by atoms with Crippen LogP contribution in [0.25, 0.3) is 10.9 Å². The maximum atomic E-state index is 4.49. The Morgan fingerprint density at radius 3 is 3.18 bits per heavy atom. The van der Waals surface area contributed by atoms with Gasteiger partial charge in [0.2, 0.25) is 0 Å². The third-order valence-electron chi connectivity index (χ3n) is 3.41. The Morgan fingerprint density at radius 2 is 2.35 bits per heavy atom. The van der Waals surface area contributed by atoms with Crippen molar-refractivity contribution >= 4 is 26.8 Å². The van der Waals surface area contributed by atoms with Crippen LogP contribution in [0.2, 0.25) is 0 Å². The Balaban J connectivity index is 1.84. The number of nitrogens with zero attached hydrogens (tertiary/aromatic N) is 2. The van der Waals surface area contributed by atoms with Gasteiger partial charge in [-0.3, -0.25) is 4.68 Å². The van der Waals surface area contributed by atoms with Crippen molar-refractivity contribution in [2.24, 2.45) is 0 Å². The van der Waals surface area contributed by atoms with Crippen molar-refractivity contribution in [1.82, 2.24) is 15.1 Å². The number of hydrogen-bond donors (Lipinski definition) is 1. The highest BCUT2D eigenvalue weighted by atomic mass is 79.9. The van der Waals surface area contributed by atoms with E-state index in [1.54, 1.807) is 0 Å². The lowest BCUT2D eigenvalue weighted by atomic mass is 10.1. The topological polar surface area (TPSA) is 29.9 Å². The van der Waals surface area contributed by atoms with E-state index in [2.05, 4.69) is 49.2 Å². The van der Waals surface area contributed by atoms with Gasteiger partial charge in [-0.05, 0) is 37.6 Å². The Kier molecular flexibility index (Phi) is 3.16. The molecule has 1 aromatic carbocycles. The number of benzene rings is 1. The largest absolute Gasteiger partial charge is 0.312 e. The minimum absolute atomic E-state index is 0.579. The van der Waals surface area contributed by atoms with Gasteiger partial charge < -0.3 is 5.32 Å². The van der Waals surface area contributed by atoms with Crippen LogP contribution in [0.4, 0.5) is 0 Å². The van der Waals surface area contributed by atoms with Crippen LogP contribution in [-0.2, 0) is 6.54 Å². The molecule has 1 unspecified atom stereocenters. The maximum Gasteiger partial charge on any atom is 0.0683 e. The summed E-state index contributed by atoms with van der Waals surface area (Å²) >= 11 is 3.49. The Bertz CT molecular complexity index is 514. The average Bonchev–Trinajstić information content (AvgIpc) is 2.73. The van der Waals surface area contributed by atoms with E-state index in [9.17, 15) is 0 Å². The van der Waals surface area contributed by atoms with Gasteiger partial charge in [-0.1, -0.05) is 22.4 Å². The van der Waals surface area contributed by atoms with Gasteiger partial charge in [-0.25, -0.2) is 0 Å². The van der Waals surface area contributed by atoms with E-state index >= 15 is 0 Å². The first-order valence-corrected chi connectivity index (χ1v) is 6.97.